The Morgan fingerprint density at radius 1 is 1.07 bits per heavy atom. The summed E-state index contributed by atoms with van der Waals surface area (Å²) in [6.07, 6.45) is 1.45. The van der Waals surface area contributed by atoms with Crippen LogP contribution in [0.25, 0.3) is 0 Å². The highest BCUT2D eigenvalue weighted by Gasteiger charge is 2.43. The summed E-state index contributed by atoms with van der Waals surface area (Å²) < 4.78 is 53.2. The molecule has 0 N–H and O–H groups in total. The fourth-order valence-electron chi connectivity index (χ4n) is 6.44. The van der Waals surface area contributed by atoms with Gasteiger partial charge in [-0.05, 0) is 80.6 Å². The van der Waals surface area contributed by atoms with Crippen LogP contribution in [0.15, 0.2) is 71.6 Å². The van der Waals surface area contributed by atoms with Gasteiger partial charge in [0.1, 0.15) is 18.1 Å². The standard InChI is InChI=1S/C36H45N3O6S/c1-26-6-13-32(14-7-26)46(40,41)39-24-36(33(22-30(39)20-27(2)23-37)29-9-11-31(43-4)12-10-29)45-25-28-8-15-35-34(21-28)38(17-19-44-35)16-5-18-42-3/h6-15,21,27,30,33,36H,5,16-20,22,24-25H2,1-4H3/t27-,30-,33+,36-/m0/s1. The number of nitrogens with zero attached hydrogens (tertiary/aromatic N) is 3. The Bertz CT molecular complexity index is 1590. The molecule has 0 spiro atoms. The molecule has 0 amide bonds. The molecular weight excluding hydrogens is 602 g/mol. The number of piperidine rings is 1. The summed E-state index contributed by atoms with van der Waals surface area (Å²) in [6, 6.07) is 22.9. The maximum Gasteiger partial charge on any atom is 0.243 e. The number of methoxy groups -OCH3 is 2. The fourth-order valence-corrected chi connectivity index (χ4v) is 8.10. The summed E-state index contributed by atoms with van der Waals surface area (Å²) in [6.45, 7) is 7.27. The van der Waals surface area contributed by atoms with Gasteiger partial charge >= 0.3 is 0 Å². The summed E-state index contributed by atoms with van der Waals surface area (Å²) in [5.41, 5.74) is 4.06. The predicted octanol–water partition coefficient (Wildman–Crippen LogP) is 5.92. The van der Waals surface area contributed by atoms with Gasteiger partial charge in [-0.1, -0.05) is 35.9 Å². The molecule has 3 aromatic rings. The first-order chi connectivity index (χ1) is 22.2. The van der Waals surface area contributed by atoms with Crippen LogP contribution >= 0.6 is 0 Å². The summed E-state index contributed by atoms with van der Waals surface area (Å²) in [7, 11) is -0.503. The normalized spacial score (nSPS) is 20.8. The van der Waals surface area contributed by atoms with Gasteiger partial charge in [-0.25, -0.2) is 8.42 Å². The number of rotatable bonds is 13. The molecule has 4 atom stereocenters. The van der Waals surface area contributed by atoms with E-state index in [0.717, 1.165) is 53.4 Å². The molecule has 0 radical (unpaired) electrons. The summed E-state index contributed by atoms with van der Waals surface area (Å²) in [4.78, 5) is 2.57. The smallest absolute Gasteiger partial charge is 0.243 e. The number of aryl methyl sites for hydroxylation is 1. The third-order valence-electron chi connectivity index (χ3n) is 8.98. The van der Waals surface area contributed by atoms with Gasteiger partial charge < -0.3 is 23.8 Å². The molecule has 0 saturated carbocycles. The molecule has 46 heavy (non-hydrogen) atoms. The van der Waals surface area contributed by atoms with E-state index in [4.69, 9.17) is 18.9 Å². The third-order valence-corrected chi connectivity index (χ3v) is 10.9. The van der Waals surface area contributed by atoms with E-state index in [2.05, 4.69) is 17.0 Å². The highest BCUT2D eigenvalue weighted by Crippen LogP contribution is 2.40. The SMILES string of the molecule is COCCCN1CCOc2ccc(CO[C@H]3CN(S(=O)(=O)c4ccc(C)cc4)[C@@H](C[C@H](C)C#N)C[C@@H]3c3ccc(OC)cc3)cc21. The number of ether oxygens (including phenoxy) is 4. The molecule has 2 aliphatic heterocycles. The van der Waals surface area contributed by atoms with Gasteiger partial charge in [0.2, 0.25) is 10.0 Å². The minimum atomic E-state index is -3.85. The van der Waals surface area contributed by atoms with Crippen LogP contribution in [0.2, 0.25) is 0 Å². The first kappa shape index (κ1) is 33.7. The molecule has 0 bridgehead atoms. The quantitative estimate of drug-likeness (QED) is 0.211. The van der Waals surface area contributed by atoms with Crippen molar-refractivity contribution in [3.05, 3.63) is 83.4 Å². The average Bonchev–Trinajstić information content (AvgIpc) is 3.07. The van der Waals surface area contributed by atoms with Crippen molar-refractivity contribution in [3.8, 4) is 17.6 Å². The average molecular weight is 648 g/mol. The molecule has 5 rings (SSSR count). The van der Waals surface area contributed by atoms with E-state index in [1.54, 1.807) is 30.7 Å². The monoisotopic (exact) mass is 647 g/mol. The summed E-state index contributed by atoms with van der Waals surface area (Å²) in [5.74, 6) is 1.21. The minimum absolute atomic E-state index is 0.0854. The zero-order valence-corrected chi connectivity index (χ0v) is 28.0. The first-order valence-corrected chi connectivity index (χ1v) is 17.4. The third kappa shape index (κ3) is 7.84. The van der Waals surface area contributed by atoms with Gasteiger partial charge in [0.15, 0.2) is 0 Å². The number of anilines is 1. The van der Waals surface area contributed by atoms with Crippen molar-refractivity contribution in [3.63, 3.8) is 0 Å². The number of nitriles is 1. The summed E-state index contributed by atoms with van der Waals surface area (Å²) >= 11 is 0. The van der Waals surface area contributed by atoms with Crippen LogP contribution in [0.1, 0.15) is 48.8 Å². The van der Waals surface area contributed by atoms with Crippen molar-refractivity contribution in [2.75, 3.05) is 52.0 Å². The van der Waals surface area contributed by atoms with E-state index >= 15 is 0 Å². The Morgan fingerprint density at radius 2 is 1.83 bits per heavy atom. The number of hydrogen-bond donors (Lipinski definition) is 0. The van der Waals surface area contributed by atoms with Gasteiger partial charge in [-0.2, -0.15) is 9.57 Å². The lowest BCUT2D eigenvalue weighted by Crippen LogP contribution is -2.52. The molecule has 246 valence electrons. The van der Waals surface area contributed by atoms with E-state index in [1.165, 1.54) is 0 Å². The maximum atomic E-state index is 14.2. The molecule has 9 nitrogen and oxygen atoms in total. The second kappa shape index (κ2) is 15.3. The highest BCUT2D eigenvalue weighted by molar-refractivity contribution is 7.89. The van der Waals surface area contributed by atoms with Gasteiger partial charge in [0.25, 0.3) is 0 Å². The van der Waals surface area contributed by atoms with Crippen LogP contribution in [-0.2, 0) is 26.1 Å². The Balaban J connectivity index is 1.45. The van der Waals surface area contributed by atoms with Gasteiger partial charge in [0, 0.05) is 44.7 Å². The molecule has 10 heteroatoms. The maximum absolute atomic E-state index is 14.2. The number of hydrogen-bond acceptors (Lipinski definition) is 8. The van der Waals surface area contributed by atoms with E-state index in [1.807, 2.05) is 62.4 Å². The number of benzene rings is 3. The zero-order valence-electron chi connectivity index (χ0n) is 27.2. The van der Waals surface area contributed by atoms with Crippen molar-refractivity contribution < 1.29 is 27.4 Å². The van der Waals surface area contributed by atoms with E-state index < -0.39 is 16.1 Å². The molecule has 0 aromatic heterocycles. The van der Waals surface area contributed by atoms with Crippen molar-refractivity contribution in [1.29, 1.82) is 5.26 Å². The molecule has 0 aliphatic carbocycles. The van der Waals surface area contributed by atoms with E-state index in [-0.39, 0.29) is 29.3 Å². The van der Waals surface area contributed by atoms with Crippen molar-refractivity contribution in [1.82, 2.24) is 4.31 Å². The van der Waals surface area contributed by atoms with Gasteiger partial charge in [-0.3, -0.25) is 0 Å². The first-order valence-electron chi connectivity index (χ1n) is 16.0. The number of fused-ring (bicyclic) bond motifs is 1. The highest BCUT2D eigenvalue weighted by atomic mass is 32.2. The largest absolute Gasteiger partial charge is 0.497 e. The predicted molar refractivity (Wildman–Crippen MR) is 178 cm³/mol. The van der Waals surface area contributed by atoms with Crippen molar-refractivity contribution >= 4 is 15.7 Å². The Hall–Kier alpha value is -3.62. The topological polar surface area (TPSA) is 101 Å². The summed E-state index contributed by atoms with van der Waals surface area (Å²) in [5, 5.41) is 9.69. The molecule has 3 aromatic carbocycles. The van der Waals surface area contributed by atoms with Crippen molar-refractivity contribution in [2.24, 2.45) is 5.92 Å². The van der Waals surface area contributed by atoms with Crippen LogP contribution in [0, 0.1) is 24.2 Å². The molecule has 2 aliphatic rings. The molecule has 1 fully saturated rings. The zero-order chi connectivity index (χ0) is 32.7. The van der Waals surface area contributed by atoms with Crippen LogP contribution in [0.3, 0.4) is 0 Å². The van der Waals surface area contributed by atoms with Crippen LogP contribution in [0.4, 0.5) is 5.69 Å². The lowest BCUT2D eigenvalue weighted by molar-refractivity contribution is -0.0217. The molecule has 0 unspecified atom stereocenters. The lowest BCUT2D eigenvalue weighted by Gasteiger charge is -2.43. The second-order valence-corrected chi connectivity index (χ2v) is 14.1. The van der Waals surface area contributed by atoms with E-state index in [9.17, 15) is 13.7 Å². The van der Waals surface area contributed by atoms with Crippen LogP contribution < -0.4 is 14.4 Å². The van der Waals surface area contributed by atoms with Crippen LogP contribution in [-0.4, -0.2) is 71.9 Å². The van der Waals surface area contributed by atoms with Gasteiger partial charge in [-0.15, -0.1) is 0 Å². The Kier molecular flexibility index (Phi) is 11.2. The Labute approximate surface area is 273 Å². The molecule has 2 heterocycles. The molecule has 1 saturated heterocycles. The minimum Gasteiger partial charge on any atom is -0.497 e. The number of sulfonamides is 1. The van der Waals surface area contributed by atoms with Crippen LogP contribution in [0.5, 0.6) is 11.5 Å². The fraction of sp³-hybridized carbons (Fsp3) is 0.472. The second-order valence-electron chi connectivity index (χ2n) is 12.3. The van der Waals surface area contributed by atoms with Gasteiger partial charge in [0.05, 0.1) is 43.0 Å². The lowest BCUT2D eigenvalue weighted by atomic mass is 9.82. The Morgan fingerprint density at radius 3 is 2.52 bits per heavy atom. The molecular formula is C36H45N3O6S. The van der Waals surface area contributed by atoms with E-state index in [0.29, 0.717) is 32.7 Å². The van der Waals surface area contributed by atoms with Crippen molar-refractivity contribution in [2.45, 2.75) is 62.7 Å².